The average molecular weight is 259 g/mol. The lowest BCUT2D eigenvalue weighted by Crippen LogP contribution is -2.22. The van der Waals surface area contributed by atoms with Gasteiger partial charge < -0.3 is 0 Å². The zero-order valence-electron chi connectivity index (χ0n) is 10.2. The van der Waals surface area contributed by atoms with Crippen LogP contribution in [-0.2, 0) is 0 Å². The lowest BCUT2D eigenvalue weighted by molar-refractivity contribution is 0.842. The molecule has 0 radical (unpaired) electrons. The number of hydrogen-bond donors (Lipinski definition) is 0. The van der Waals surface area contributed by atoms with Gasteiger partial charge in [0, 0.05) is 6.04 Å². The monoisotopic (exact) mass is 259 g/mol. The molecule has 0 unspecified atom stereocenters. The van der Waals surface area contributed by atoms with Gasteiger partial charge in [-0.3, -0.25) is 4.31 Å². The van der Waals surface area contributed by atoms with Gasteiger partial charge >= 0.3 is 0 Å². The lowest BCUT2D eigenvalue weighted by atomic mass is 10.2. The molecule has 6 heteroatoms. The molecule has 92 valence electrons. The maximum atomic E-state index is 4.21. The summed E-state index contributed by atoms with van der Waals surface area (Å²) in [6, 6.07) is 8.67. The number of anilines is 3. The van der Waals surface area contributed by atoms with E-state index in [1.807, 2.05) is 16.4 Å². The first-order valence-electron chi connectivity index (χ1n) is 5.76. The van der Waals surface area contributed by atoms with Crippen molar-refractivity contribution in [1.29, 1.82) is 0 Å². The fraction of sp³-hybridized carbons (Fsp3) is 0.250. The Morgan fingerprint density at radius 3 is 2.39 bits per heavy atom. The van der Waals surface area contributed by atoms with Gasteiger partial charge in [-0.15, -0.1) is 0 Å². The van der Waals surface area contributed by atoms with Crippen molar-refractivity contribution in [3.05, 3.63) is 36.9 Å². The normalized spacial score (nSPS) is 14.2. The highest BCUT2D eigenvalue weighted by molar-refractivity contribution is 8.02. The molecule has 0 N–H and O–H groups in total. The molecule has 0 saturated heterocycles. The van der Waals surface area contributed by atoms with Crippen LogP contribution in [0.1, 0.15) is 13.8 Å². The zero-order chi connectivity index (χ0) is 12.5. The highest BCUT2D eigenvalue weighted by atomic mass is 32.2. The van der Waals surface area contributed by atoms with Crippen LogP contribution in [0.15, 0.2) is 36.9 Å². The first kappa shape index (κ1) is 11.3. The summed E-state index contributed by atoms with van der Waals surface area (Å²) in [5, 5.41) is 0. The molecule has 1 aliphatic rings. The molecule has 0 atom stereocenters. The molecule has 1 aliphatic heterocycles. The fourth-order valence-corrected chi connectivity index (χ4v) is 2.87. The van der Waals surface area contributed by atoms with E-state index >= 15 is 0 Å². The van der Waals surface area contributed by atoms with E-state index in [1.165, 1.54) is 18.3 Å². The van der Waals surface area contributed by atoms with E-state index in [4.69, 9.17) is 0 Å². The van der Waals surface area contributed by atoms with Crippen LogP contribution >= 0.6 is 12.1 Å². The van der Waals surface area contributed by atoms with Gasteiger partial charge in [0.1, 0.15) is 12.7 Å². The standard InChI is InChI=1S/C12H13N5S/c1-9(2)16-10-5-3-4-6-11(10)17(18-16)12-14-7-13-8-15-12/h3-9H,1-2H3. The van der Waals surface area contributed by atoms with Crippen molar-refractivity contribution in [2.75, 3.05) is 8.61 Å². The van der Waals surface area contributed by atoms with Crippen LogP contribution in [0.2, 0.25) is 0 Å². The molecule has 3 rings (SSSR count). The van der Waals surface area contributed by atoms with Crippen LogP contribution in [0.3, 0.4) is 0 Å². The van der Waals surface area contributed by atoms with Gasteiger partial charge in [-0.25, -0.2) is 19.3 Å². The Kier molecular flexibility index (Phi) is 2.79. The first-order valence-corrected chi connectivity index (χ1v) is 6.49. The molecule has 2 heterocycles. The summed E-state index contributed by atoms with van der Waals surface area (Å²) >= 11 is 1.61. The van der Waals surface area contributed by atoms with Crippen molar-refractivity contribution in [2.24, 2.45) is 0 Å². The average Bonchev–Trinajstić information content (AvgIpc) is 2.79. The summed E-state index contributed by atoms with van der Waals surface area (Å²) in [6.07, 6.45) is 3.03. The second-order valence-corrected chi connectivity index (χ2v) is 5.14. The van der Waals surface area contributed by atoms with E-state index < -0.39 is 0 Å². The zero-order valence-corrected chi connectivity index (χ0v) is 11.0. The minimum absolute atomic E-state index is 0.406. The quantitative estimate of drug-likeness (QED) is 0.773. The molecule has 2 aromatic rings. The van der Waals surface area contributed by atoms with E-state index in [9.17, 15) is 0 Å². The predicted octanol–water partition coefficient (Wildman–Crippen LogP) is 2.80. The number of benzene rings is 1. The predicted molar refractivity (Wildman–Crippen MR) is 73.6 cm³/mol. The number of rotatable bonds is 2. The largest absolute Gasteiger partial charge is 0.294 e. The van der Waals surface area contributed by atoms with E-state index in [0.29, 0.717) is 12.0 Å². The molecule has 5 nitrogen and oxygen atoms in total. The molecule has 1 aromatic carbocycles. The van der Waals surface area contributed by atoms with Gasteiger partial charge in [0.2, 0.25) is 5.95 Å². The molecule has 18 heavy (non-hydrogen) atoms. The van der Waals surface area contributed by atoms with Crippen LogP contribution in [0.25, 0.3) is 0 Å². The minimum atomic E-state index is 0.406. The van der Waals surface area contributed by atoms with Gasteiger partial charge in [0.25, 0.3) is 0 Å². The molecule has 1 aromatic heterocycles. The van der Waals surface area contributed by atoms with Crippen LogP contribution in [0.5, 0.6) is 0 Å². The van der Waals surface area contributed by atoms with Crippen molar-refractivity contribution < 1.29 is 0 Å². The van der Waals surface area contributed by atoms with E-state index in [0.717, 1.165) is 5.69 Å². The third-order valence-electron chi connectivity index (χ3n) is 2.64. The molecule has 0 bridgehead atoms. The Labute approximate surface area is 110 Å². The molecular formula is C12H13N5S. The summed E-state index contributed by atoms with van der Waals surface area (Å²) < 4.78 is 4.27. The minimum Gasteiger partial charge on any atom is -0.294 e. The highest BCUT2D eigenvalue weighted by Crippen LogP contribution is 2.48. The van der Waals surface area contributed by atoms with Crippen molar-refractivity contribution in [1.82, 2.24) is 15.0 Å². The highest BCUT2D eigenvalue weighted by Gasteiger charge is 2.31. The number of nitrogens with zero attached hydrogens (tertiary/aromatic N) is 5. The molecule has 0 aliphatic carbocycles. The SMILES string of the molecule is CC(C)N1SN(c2ncncn2)c2ccccc21. The van der Waals surface area contributed by atoms with Crippen LogP contribution in [-0.4, -0.2) is 21.0 Å². The topological polar surface area (TPSA) is 45.2 Å². The summed E-state index contributed by atoms with van der Waals surface area (Å²) in [7, 11) is 0. The fourth-order valence-electron chi connectivity index (χ4n) is 1.85. The molecule has 0 amide bonds. The Bertz CT molecular complexity index is 545. The Hall–Kier alpha value is -1.82. The second kappa shape index (κ2) is 4.45. The number of para-hydroxylation sites is 2. The molecule has 0 saturated carbocycles. The number of aromatic nitrogens is 3. The maximum Gasteiger partial charge on any atom is 0.244 e. The van der Waals surface area contributed by atoms with E-state index in [-0.39, 0.29) is 0 Å². The van der Waals surface area contributed by atoms with Crippen molar-refractivity contribution in [2.45, 2.75) is 19.9 Å². The molecule has 0 fully saturated rings. The first-order chi connectivity index (χ1) is 8.77. The van der Waals surface area contributed by atoms with Gasteiger partial charge in [0.15, 0.2) is 0 Å². The third kappa shape index (κ3) is 1.78. The maximum absolute atomic E-state index is 4.21. The Morgan fingerprint density at radius 1 is 1.06 bits per heavy atom. The van der Waals surface area contributed by atoms with Crippen LogP contribution in [0, 0.1) is 0 Å². The number of hydrogen-bond acceptors (Lipinski definition) is 6. The molecule has 0 spiro atoms. The van der Waals surface area contributed by atoms with Gasteiger partial charge in [-0.05, 0) is 26.0 Å². The molecular weight excluding hydrogens is 246 g/mol. The van der Waals surface area contributed by atoms with Crippen LogP contribution < -0.4 is 8.61 Å². The van der Waals surface area contributed by atoms with Crippen molar-refractivity contribution >= 4 is 29.5 Å². The van der Waals surface area contributed by atoms with E-state index in [2.05, 4.69) is 45.2 Å². The van der Waals surface area contributed by atoms with E-state index in [1.54, 1.807) is 12.1 Å². The van der Waals surface area contributed by atoms with Gasteiger partial charge in [-0.2, -0.15) is 0 Å². The van der Waals surface area contributed by atoms with Crippen molar-refractivity contribution in [3.8, 4) is 0 Å². The third-order valence-corrected chi connectivity index (χ3v) is 3.96. The number of fused-ring (bicyclic) bond motifs is 1. The summed E-state index contributed by atoms with van der Waals surface area (Å²) in [4.78, 5) is 12.3. The Morgan fingerprint density at radius 2 is 1.72 bits per heavy atom. The summed E-state index contributed by atoms with van der Waals surface area (Å²) in [5.74, 6) is 0.658. The van der Waals surface area contributed by atoms with Crippen molar-refractivity contribution in [3.63, 3.8) is 0 Å². The lowest BCUT2D eigenvalue weighted by Gasteiger charge is -2.21. The summed E-state index contributed by atoms with van der Waals surface area (Å²) in [6.45, 7) is 4.33. The summed E-state index contributed by atoms with van der Waals surface area (Å²) in [5.41, 5.74) is 2.31. The van der Waals surface area contributed by atoms with Crippen LogP contribution in [0.4, 0.5) is 17.3 Å². The van der Waals surface area contributed by atoms with Gasteiger partial charge in [0.05, 0.1) is 23.5 Å². The van der Waals surface area contributed by atoms with Gasteiger partial charge in [-0.1, -0.05) is 12.1 Å². The Balaban J connectivity index is 2.05. The smallest absolute Gasteiger partial charge is 0.244 e. The second-order valence-electron chi connectivity index (χ2n) is 4.22.